The van der Waals surface area contributed by atoms with Crippen LogP contribution in [-0.2, 0) is 12.6 Å². The zero-order valence-corrected chi connectivity index (χ0v) is 10.1. The summed E-state index contributed by atoms with van der Waals surface area (Å²) in [6.45, 7) is 1.92. The highest BCUT2D eigenvalue weighted by Gasteiger charge is 2.30. The molecule has 2 rings (SSSR count). The lowest BCUT2D eigenvalue weighted by Crippen LogP contribution is -2.05. The van der Waals surface area contributed by atoms with E-state index in [1.54, 1.807) is 0 Å². The molecule has 8 heteroatoms. The van der Waals surface area contributed by atoms with Crippen molar-refractivity contribution >= 4 is 11.8 Å². The monoisotopic (exact) mass is 274 g/mol. The Kier molecular flexibility index (Phi) is 3.55. The molecule has 0 spiro atoms. The minimum Gasteiger partial charge on any atom is -0.262 e. The second-order valence-electron chi connectivity index (χ2n) is 3.40. The second kappa shape index (κ2) is 4.97. The standard InChI is InChI=1S/C10H9F3N4S/c1-2-7-15-9(17-16-7)18-8-4-3-6(5-14-8)10(11,12)13/h3-5H,2H2,1H3,(H,15,16,17). The van der Waals surface area contributed by atoms with Crippen LogP contribution in [0.3, 0.4) is 0 Å². The van der Waals surface area contributed by atoms with E-state index >= 15 is 0 Å². The fourth-order valence-electron chi connectivity index (χ4n) is 1.18. The molecule has 4 nitrogen and oxygen atoms in total. The van der Waals surface area contributed by atoms with Crippen molar-refractivity contribution in [3.8, 4) is 0 Å². The van der Waals surface area contributed by atoms with Crippen LogP contribution in [0.25, 0.3) is 0 Å². The van der Waals surface area contributed by atoms with Gasteiger partial charge in [-0.3, -0.25) is 5.10 Å². The van der Waals surface area contributed by atoms with Gasteiger partial charge in [-0.1, -0.05) is 6.92 Å². The summed E-state index contributed by atoms with van der Waals surface area (Å²) in [4.78, 5) is 7.85. The smallest absolute Gasteiger partial charge is 0.262 e. The minimum absolute atomic E-state index is 0.421. The molecule has 0 aromatic carbocycles. The van der Waals surface area contributed by atoms with Crippen LogP contribution >= 0.6 is 11.8 Å². The Morgan fingerprint density at radius 3 is 2.61 bits per heavy atom. The highest BCUT2D eigenvalue weighted by Crippen LogP contribution is 2.30. The maximum Gasteiger partial charge on any atom is 0.417 e. The molecule has 18 heavy (non-hydrogen) atoms. The van der Waals surface area contributed by atoms with Gasteiger partial charge in [-0.15, -0.1) is 5.10 Å². The highest BCUT2D eigenvalue weighted by atomic mass is 32.2. The van der Waals surface area contributed by atoms with Crippen molar-refractivity contribution < 1.29 is 13.2 Å². The number of aryl methyl sites for hydroxylation is 1. The summed E-state index contributed by atoms with van der Waals surface area (Å²) in [7, 11) is 0. The molecule has 0 unspecified atom stereocenters. The SMILES string of the molecule is CCc1nc(Sc2ccc(C(F)(F)F)cn2)n[nH]1. The molecule has 0 aliphatic heterocycles. The van der Waals surface area contributed by atoms with E-state index in [0.29, 0.717) is 16.6 Å². The summed E-state index contributed by atoms with van der Waals surface area (Å²) in [5, 5.41) is 7.50. The maximum absolute atomic E-state index is 12.3. The fourth-order valence-corrected chi connectivity index (χ4v) is 1.86. The summed E-state index contributed by atoms with van der Waals surface area (Å²) in [5.41, 5.74) is -0.768. The Hall–Kier alpha value is -1.57. The molecular formula is C10H9F3N4S. The van der Waals surface area contributed by atoms with Crippen LogP contribution in [0.4, 0.5) is 13.2 Å². The number of pyridine rings is 1. The van der Waals surface area contributed by atoms with Gasteiger partial charge in [0.15, 0.2) is 0 Å². The van der Waals surface area contributed by atoms with Crippen molar-refractivity contribution in [2.75, 3.05) is 0 Å². The molecule has 2 aromatic heterocycles. The number of hydrogen-bond acceptors (Lipinski definition) is 4. The van der Waals surface area contributed by atoms with Crippen LogP contribution < -0.4 is 0 Å². The molecule has 0 amide bonds. The van der Waals surface area contributed by atoms with Gasteiger partial charge in [-0.2, -0.15) is 13.2 Å². The van der Waals surface area contributed by atoms with Crippen LogP contribution in [-0.4, -0.2) is 20.2 Å². The third-order valence-electron chi connectivity index (χ3n) is 2.11. The lowest BCUT2D eigenvalue weighted by Gasteiger charge is -2.05. The van der Waals surface area contributed by atoms with Crippen LogP contribution in [0.2, 0.25) is 0 Å². The molecule has 0 atom stereocenters. The number of halogens is 3. The van der Waals surface area contributed by atoms with Crippen molar-refractivity contribution in [2.24, 2.45) is 0 Å². The van der Waals surface area contributed by atoms with E-state index in [-0.39, 0.29) is 0 Å². The van der Waals surface area contributed by atoms with Crippen LogP contribution in [0.15, 0.2) is 28.5 Å². The van der Waals surface area contributed by atoms with Crippen molar-refractivity contribution in [2.45, 2.75) is 29.7 Å². The predicted molar refractivity (Wildman–Crippen MR) is 59.1 cm³/mol. The Balaban J connectivity index is 2.11. The van der Waals surface area contributed by atoms with Gasteiger partial charge >= 0.3 is 6.18 Å². The van der Waals surface area contributed by atoms with Gasteiger partial charge in [0.05, 0.1) is 5.56 Å². The largest absolute Gasteiger partial charge is 0.417 e. The maximum atomic E-state index is 12.3. The Morgan fingerprint density at radius 1 is 1.33 bits per heavy atom. The number of rotatable bonds is 3. The summed E-state index contributed by atoms with van der Waals surface area (Å²) in [6, 6.07) is 2.29. The third-order valence-corrected chi connectivity index (χ3v) is 2.92. The van der Waals surface area contributed by atoms with Crippen molar-refractivity contribution in [3.05, 3.63) is 29.7 Å². The summed E-state index contributed by atoms with van der Waals surface area (Å²) in [6.07, 6.45) is -2.85. The number of aromatic nitrogens is 4. The van der Waals surface area contributed by atoms with E-state index in [0.717, 1.165) is 29.8 Å². The van der Waals surface area contributed by atoms with Crippen LogP contribution in [0, 0.1) is 0 Å². The van der Waals surface area contributed by atoms with Gasteiger partial charge in [0.25, 0.3) is 0 Å². The van der Waals surface area contributed by atoms with E-state index in [4.69, 9.17) is 0 Å². The summed E-state index contributed by atoms with van der Waals surface area (Å²) < 4.78 is 37.0. The molecule has 96 valence electrons. The molecule has 0 saturated carbocycles. The van der Waals surface area contributed by atoms with Crippen LogP contribution in [0.1, 0.15) is 18.3 Å². The average molecular weight is 274 g/mol. The molecule has 1 N–H and O–H groups in total. The number of nitrogens with zero attached hydrogens (tertiary/aromatic N) is 3. The van der Waals surface area contributed by atoms with Gasteiger partial charge in [-0.05, 0) is 23.9 Å². The molecule has 0 radical (unpaired) electrons. The van der Waals surface area contributed by atoms with E-state index < -0.39 is 11.7 Å². The number of nitrogens with one attached hydrogen (secondary N) is 1. The van der Waals surface area contributed by atoms with E-state index in [9.17, 15) is 13.2 Å². The molecule has 0 aliphatic carbocycles. The molecule has 0 aliphatic rings. The Bertz CT molecular complexity index is 521. The first-order chi connectivity index (χ1) is 8.49. The molecule has 2 aromatic rings. The van der Waals surface area contributed by atoms with Crippen molar-refractivity contribution in [3.63, 3.8) is 0 Å². The number of hydrogen-bond donors (Lipinski definition) is 1. The third kappa shape index (κ3) is 3.00. The van der Waals surface area contributed by atoms with Gasteiger partial charge in [0.2, 0.25) is 5.16 Å². The Labute approximate surface area is 105 Å². The van der Waals surface area contributed by atoms with Gasteiger partial charge in [0, 0.05) is 12.6 Å². The molecule has 0 saturated heterocycles. The average Bonchev–Trinajstić information content (AvgIpc) is 2.76. The number of aromatic amines is 1. The highest BCUT2D eigenvalue weighted by molar-refractivity contribution is 7.99. The van der Waals surface area contributed by atoms with Gasteiger partial charge in [-0.25, -0.2) is 9.97 Å². The normalized spacial score (nSPS) is 11.8. The molecule has 2 heterocycles. The molecule has 0 bridgehead atoms. The molecular weight excluding hydrogens is 265 g/mol. The number of H-pyrrole nitrogens is 1. The van der Waals surface area contributed by atoms with E-state index in [2.05, 4.69) is 20.2 Å². The summed E-state index contributed by atoms with van der Waals surface area (Å²) >= 11 is 1.11. The minimum atomic E-state index is -4.36. The predicted octanol–water partition coefficient (Wildman–Crippen LogP) is 2.93. The lowest BCUT2D eigenvalue weighted by atomic mass is 10.3. The second-order valence-corrected chi connectivity index (χ2v) is 4.39. The quantitative estimate of drug-likeness (QED) is 0.935. The lowest BCUT2D eigenvalue weighted by molar-refractivity contribution is -0.137. The molecule has 0 fully saturated rings. The topological polar surface area (TPSA) is 54.5 Å². The summed E-state index contributed by atoms with van der Waals surface area (Å²) in [5.74, 6) is 0.726. The van der Waals surface area contributed by atoms with Crippen LogP contribution in [0.5, 0.6) is 0 Å². The van der Waals surface area contributed by atoms with E-state index in [1.165, 1.54) is 6.07 Å². The van der Waals surface area contributed by atoms with Gasteiger partial charge < -0.3 is 0 Å². The Morgan fingerprint density at radius 2 is 2.11 bits per heavy atom. The van der Waals surface area contributed by atoms with Crippen molar-refractivity contribution in [1.82, 2.24) is 20.2 Å². The first kappa shape index (κ1) is 12.9. The zero-order valence-electron chi connectivity index (χ0n) is 9.32. The fraction of sp³-hybridized carbons (Fsp3) is 0.300. The first-order valence-corrected chi connectivity index (χ1v) is 5.93. The zero-order chi connectivity index (χ0) is 13.2. The van der Waals surface area contributed by atoms with E-state index in [1.807, 2.05) is 6.92 Å². The first-order valence-electron chi connectivity index (χ1n) is 5.11. The number of alkyl halides is 3. The van der Waals surface area contributed by atoms with Gasteiger partial charge in [0.1, 0.15) is 10.9 Å². The van der Waals surface area contributed by atoms with Crippen molar-refractivity contribution in [1.29, 1.82) is 0 Å².